The molecule has 5 nitrogen and oxygen atoms in total. The molecule has 0 aromatic heterocycles. The van der Waals surface area contributed by atoms with E-state index in [9.17, 15) is 4.39 Å². The predicted octanol–water partition coefficient (Wildman–Crippen LogP) is -0.175. The van der Waals surface area contributed by atoms with Crippen LogP contribution in [0.3, 0.4) is 0 Å². The van der Waals surface area contributed by atoms with Crippen molar-refractivity contribution >= 4 is 5.69 Å². The Morgan fingerprint density at radius 3 is 2.29 bits per heavy atom. The Morgan fingerprint density at radius 1 is 1.24 bits per heavy atom. The molecule has 0 heterocycles. The van der Waals surface area contributed by atoms with Gasteiger partial charge in [-0.1, -0.05) is 0 Å². The Balaban J connectivity index is 3.06. The lowest BCUT2D eigenvalue weighted by Gasteiger charge is -2.30. The van der Waals surface area contributed by atoms with Gasteiger partial charge in [0.25, 0.3) is 0 Å². The van der Waals surface area contributed by atoms with Crippen LogP contribution < -0.4 is 5.32 Å². The standard InChI is InChI=1S/C11H13FN2O3/c12-9-1-2-10(8(3-9)4-13)14-11(5-15,6-16)7-17/h1-3,14-17H,5-7H2. The Morgan fingerprint density at radius 2 is 1.82 bits per heavy atom. The maximum absolute atomic E-state index is 12.9. The minimum atomic E-state index is -1.34. The smallest absolute Gasteiger partial charge is 0.124 e. The van der Waals surface area contributed by atoms with Crippen LogP contribution in [0, 0.1) is 17.1 Å². The van der Waals surface area contributed by atoms with Gasteiger partial charge in [-0.05, 0) is 18.2 Å². The molecule has 0 atom stereocenters. The molecule has 4 N–H and O–H groups in total. The summed E-state index contributed by atoms with van der Waals surface area (Å²) >= 11 is 0. The predicted molar refractivity (Wildman–Crippen MR) is 58.7 cm³/mol. The van der Waals surface area contributed by atoms with Crippen LogP contribution in [0.5, 0.6) is 0 Å². The Bertz CT molecular complexity index is 419. The van der Waals surface area contributed by atoms with E-state index < -0.39 is 31.2 Å². The van der Waals surface area contributed by atoms with Crippen molar-refractivity contribution in [2.24, 2.45) is 0 Å². The van der Waals surface area contributed by atoms with E-state index in [1.54, 1.807) is 6.07 Å². The molecule has 0 saturated heterocycles. The molecule has 0 amide bonds. The van der Waals surface area contributed by atoms with Crippen molar-refractivity contribution in [3.05, 3.63) is 29.6 Å². The molecular weight excluding hydrogens is 227 g/mol. The second kappa shape index (κ2) is 5.59. The number of hydrogen-bond donors (Lipinski definition) is 4. The third-order valence-corrected chi connectivity index (χ3v) is 2.41. The topological polar surface area (TPSA) is 96.5 Å². The molecule has 1 aromatic carbocycles. The molecule has 0 saturated carbocycles. The first-order chi connectivity index (χ1) is 8.10. The van der Waals surface area contributed by atoms with Crippen LogP contribution in [-0.4, -0.2) is 40.7 Å². The Hall–Kier alpha value is -1.68. The van der Waals surface area contributed by atoms with Gasteiger partial charge < -0.3 is 20.6 Å². The van der Waals surface area contributed by atoms with E-state index in [-0.39, 0.29) is 11.3 Å². The molecule has 1 aromatic rings. The molecule has 0 aliphatic rings. The van der Waals surface area contributed by atoms with Gasteiger partial charge in [0.1, 0.15) is 17.4 Å². The van der Waals surface area contributed by atoms with Crippen LogP contribution in [-0.2, 0) is 0 Å². The highest BCUT2D eigenvalue weighted by Gasteiger charge is 2.28. The molecule has 6 heteroatoms. The Labute approximate surface area is 97.7 Å². The molecule has 0 unspecified atom stereocenters. The van der Waals surface area contributed by atoms with Crippen molar-refractivity contribution in [2.75, 3.05) is 25.1 Å². The number of benzene rings is 1. The molecule has 0 aliphatic heterocycles. The van der Waals surface area contributed by atoms with Crippen molar-refractivity contribution in [3.8, 4) is 6.07 Å². The molecular formula is C11H13FN2O3. The maximum Gasteiger partial charge on any atom is 0.124 e. The lowest BCUT2D eigenvalue weighted by Crippen LogP contribution is -2.49. The highest BCUT2D eigenvalue weighted by molar-refractivity contribution is 5.58. The Kier molecular flexibility index (Phi) is 4.40. The van der Waals surface area contributed by atoms with Crippen molar-refractivity contribution < 1.29 is 19.7 Å². The molecule has 92 valence electrons. The average molecular weight is 240 g/mol. The highest BCUT2D eigenvalue weighted by atomic mass is 19.1. The summed E-state index contributed by atoms with van der Waals surface area (Å²) in [4.78, 5) is 0. The van der Waals surface area contributed by atoms with Crippen molar-refractivity contribution in [3.63, 3.8) is 0 Å². The lowest BCUT2D eigenvalue weighted by atomic mass is 10.0. The zero-order valence-electron chi connectivity index (χ0n) is 9.02. The summed E-state index contributed by atoms with van der Waals surface area (Å²) < 4.78 is 12.9. The van der Waals surface area contributed by atoms with Crippen LogP contribution in [0.15, 0.2) is 18.2 Å². The number of nitrogens with zero attached hydrogens (tertiary/aromatic N) is 1. The van der Waals surface area contributed by atoms with Crippen molar-refractivity contribution in [1.29, 1.82) is 5.26 Å². The fraction of sp³-hybridized carbons (Fsp3) is 0.364. The van der Waals surface area contributed by atoms with Gasteiger partial charge >= 0.3 is 0 Å². The van der Waals surface area contributed by atoms with E-state index in [0.717, 1.165) is 12.1 Å². The number of anilines is 1. The lowest BCUT2D eigenvalue weighted by molar-refractivity contribution is 0.0833. The van der Waals surface area contributed by atoms with Gasteiger partial charge in [0.2, 0.25) is 0 Å². The molecule has 17 heavy (non-hydrogen) atoms. The van der Waals surface area contributed by atoms with E-state index in [1.165, 1.54) is 6.07 Å². The second-order valence-corrected chi connectivity index (χ2v) is 3.68. The normalized spacial score (nSPS) is 11.0. The molecule has 0 aliphatic carbocycles. The van der Waals surface area contributed by atoms with Gasteiger partial charge in [-0.3, -0.25) is 0 Å². The SMILES string of the molecule is N#Cc1cc(F)ccc1NC(CO)(CO)CO. The molecule has 0 bridgehead atoms. The summed E-state index contributed by atoms with van der Waals surface area (Å²) in [5.41, 5.74) is -1.07. The minimum Gasteiger partial charge on any atom is -0.394 e. The van der Waals surface area contributed by atoms with Crippen LogP contribution in [0.4, 0.5) is 10.1 Å². The monoisotopic (exact) mass is 240 g/mol. The number of nitriles is 1. The van der Waals surface area contributed by atoms with E-state index in [2.05, 4.69) is 5.32 Å². The first kappa shape index (κ1) is 13.4. The minimum absolute atomic E-state index is 0.0322. The molecule has 0 radical (unpaired) electrons. The zero-order valence-corrected chi connectivity index (χ0v) is 9.02. The number of aliphatic hydroxyl groups is 3. The van der Waals surface area contributed by atoms with Gasteiger partial charge in [-0.25, -0.2) is 4.39 Å². The summed E-state index contributed by atoms with van der Waals surface area (Å²) in [6.45, 7) is -1.58. The second-order valence-electron chi connectivity index (χ2n) is 3.68. The summed E-state index contributed by atoms with van der Waals surface area (Å²) in [5.74, 6) is -0.560. The van der Waals surface area contributed by atoms with Gasteiger partial charge in [-0.2, -0.15) is 5.26 Å². The van der Waals surface area contributed by atoms with Gasteiger partial charge in [0.05, 0.1) is 31.1 Å². The number of hydrogen-bond acceptors (Lipinski definition) is 5. The van der Waals surface area contributed by atoms with Gasteiger partial charge in [0, 0.05) is 0 Å². The maximum atomic E-state index is 12.9. The number of aliphatic hydroxyl groups excluding tert-OH is 3. The van der Waals surface area contributed by atoms with Crippen molar-refractivity contribution in [2.45, 2.75) is 5.54 Å². The first-order valence-corrected chi connectivity index (χ1v) is 4.91. The van der Waals surface area contributed by atoms with Crippen LogP contribution in [0.25, 0.3) is 0 Å². The van der Waals surface area contributed by atoms with Gasteiger partial charge in [0.15, 0.2) is 0 Å². The largest absolute Gasteiger partial charge is 0.394 e. The fourth-order valence-corrected chi connectivity index (χ4v) is 1.27. The third-order valence-electron chi connectivity index (χ3n) is 2.41. The van der Waals surface area contributed by atoms with E-state index in [1.807, 2.05) is 0 Å². The average Bonchev–Trinajstić information content (AvgIpc) is 2.37. The van der Waals surface area contributed by atoms with Crippen LogP contribution >= 0.6 is 0 Å². The molecule has 0 spiro atoms. The summed E-state index contributed by atoms with van der Waals surface area (Å²) in [6.07, 6.45) is 0. The molecule has 0 fully saturated rings. The number of halogens is 1. The fourth-order valence-electron chi connectivity index (χ4n) is 1.27. The molecule has 1 rings (SSSR count). The summed E-state index contributed by atoms with van der Waals surface area (Å²) in [5, 5.41) is 38.8. The van der Waals surface area contributed by atoms with E-state index >= 15 is 0 Å². The first-order valence-electron chi connectivity index (χ1n) is 4.91. The third kappa shape index (κ3) is 2.91. The van der Waals surface area contributed by atoms with Crippen LogP contribution in [0.1, 0.15) is 5.56 Å². The quantitative estimate of drug-likeness (QED) is 0.572. The zero-order chi connectivity index (χ0) is 12.9. The van der Waals surface area contributed by atoms with Crippen molar-refractivity contribution in [1.82, 2.24) is 0 Å². The highest BCUT2D eigenvalue weighted by Crippen LogP contribution is 2.20. The number of nitrogens with one attached hydrogen (secondary N) is 1. The summed E-state index contributed by atoms with van der Waals surface area (Å²) in [7, 11) is 0. The number of rotatable bonds is 5. The van der Waals surface area contributed by atoms with Gasteiger partial charge in [-0.15, -0.1) is 0 Å². The summed E-state index contributed by atoms with van der Waals surface area (Å²) in [6, 6.07) is 5.26. The van der Waals surface area contributed by atoms with Crippen LogP contribution in [0.2, 0.25) is 0 Å². The van der Waals surface area contributed by atoms with E-state index in [4.69, 9.17) is 20.6 Å². The van der Waals surface area contributed by atoms with E-state index in [0.29, 0.717) is 0 Å².